The summed E-state index contributed by atoms with van der Waals surface area (Å²) in [6, 6.07) is 6.25. The van der Waals surface area contributed by atoms with Crippen LogP contribution < -0.4 is 10.1 Å². The van der Waals surface area contributed by atoms with E-state index in [2.05, 4.69) is 5.32 Å². The molecule has 0 atom stereocenters. The standard InChI is InChI=1S/C14H20N2O4/c1-3-16(10-13(17)15-2)8-9-20-12-6-4-11(5-7-12)14(18)19/h4-7H,3,8-10H2,1-2H3,(H,15,17)(H,18,19). The number of carboxylic acids is 1. The third-order valence-electron chi connectivity index (χ3n) is 2.87. The molecule has 1 rings (SSSR count). The normalized spacial score (nSPS) is 10.3. The molecule has 2 N–H and O–H groups in total. The average molecular weight is 280 g/mol. The minimum atomic E-state index is -0.959. The van der Waals surface area contributed by atoms with E-state index in [0.29, 0.717) is 25.4 Å². The number of ether oxygens (including phenoxy) is 1. The number of likely N-dealkylation sites (N-methyl/N-ethyl adjacent to an activating group) is 2. The van der Waals surface area contributed by atoms with Crippen molar-refractivity contribution >= 4 is 11.9 Å². The molecule has 0 radical (unpaired) electrons. The molecule has 1 aromatic carbocycles. The van der Waals surface area contributed by atoms with E-state index in [1.165, 1.54) is 12.1 Å². The van der Waals surface area contributed by atoms with Crippen molar-refractivity contribution < 1.29 is 19.4 Å². The van der Waals surface area contributed by atoms with E-state index in [9.17, 15) is 9.59 Å². The quantitative estimate of drug-likeness (QED) is 0.737. The minimum absolute atomic E-state index is 0.0299. The molecule has 110 valence electrons. The Morgan fingerprint density at radius 3 is 2.45 bits per heavy atom. The minimum Gasteiger partial charge on any atom is -0.492 e. The van der Waals surface area contributed by atoms with Gasteiger partial charge in [-0.2, -0.15) is 0 Å². The average Bonchev–Trinajstić information content (AvgIpc) is 2.46. The number of rotatable bonds is 8. The van der Waals surface area contributed by atoms with Crippen LogP contribution in [0.25, 0.3) is 0 Å². The summed E-state index contributed by atoms with van der Waals surface area (Å²) in [5.41, 5.74) is 0.229. The lowest BCUT2D eigenvalue weighted by Crippen LogP contribution is -2.37. The SMILES string of the molecule is CCN(CCOc1ccc(C(=O)O)cc1)CC(=O)NC. The monoisotopic (exact) mass is 280 g/mol. The van der Waals surface area contributed by atoms with E-state index in [4.69, 9.17) is 9.84 Å². The maximum atomic E-state index is 11.3. The van der Waals surface area contributed by atoms with Gasteiger partial charge < -0.3 is 15.2 Å². The molecule has 6 heteroatoms. The van der Waals surface area contributed by atoms with Crippen molar-refractivity contribution in [2.24, 2.45) is 0 Å². The lowest BCUT2D eigenvalue weighted by molar-refractivity contribution is -0.121. The van der Waals surface area contributed by atoms with Crippen LogP contribution in [-0.4, -0.2) is 55.2 Å². The Balaban J connectivity index is 2.38. The molecule has 0 aliphatic heterocycles. The van der Waals surface area contributed by atoms with E-state index in [-0.39, 0.29) is 11.5 Å². The fourth-order valence-electron chi connectivity index (χ4n) is 1.62. The van der Waals surface area contributed by atoms with E-state index in [1.807, 2.05) is 11.8 Å². The van der Waals surface area contributed by atoms with Gasteiger partial charge in [-0.15, -0.1) is 0 Å². The second-order valence-electron chi connectivity index (χ2n) is 4.22. The molecule has 0 aliphatic rings. The Labute approximate surface area is 118 Å². The second kappa shape index (κ2) is 8.16. The molecule has 0 fully saturated rings. The lowest BCUT2D eigenvalue weighted by Gasteiger charge is -2.19. The van der Waals surface area contributed by atoms with Gasteiger partial charge in [0, 0.05) is 13.6 Å². The maximum absolute atomic E-state index is 11.3. The van der Waals surface area contributed by atoms with Crippen molar-refractivity contribution in [3.05, 3.63) is 29.8 Å². The third kappa shape index (κ3) is 5.27. The highest BCUT2D eigenvalue weighted by Crippen LogP contribution is 2.12. The molecule has 20 heavy (non-hydrogen) atoms. The van der Waals surface area contributed by atoms with Crippen molar-refractivity contribution in [1.82, 2.24) is 10.2 Å². The van der Waals surface area contributed by atoms with E-state index in [0.717, 1.165) is 6.54 Å². The molecular formula is C14H20N2O4. The smallest absolute Gasteiger partial charge is 0.335 e. The van der Waals surface area contributed by atoms with Gasteiger partial charge in [-0.25, -0.2) is 4.79 Å². The second-order valence-corrected chi connectivity index (χ2v) is 4.22. The van der Waals surface area contributed by atoms with Crippen molar-refractivity contribution in [3.8, 4) is 5.75 Å². The highest BCUT2D eigenvalue weighted by Gasteiger charge is 2.07. The number of amides is 1. The zero-order valence-electron chi connectivity index (χ0n) is 11.8. The molecule has 0 saturated heterocycles. The van der Waals surface area contributed by atoms with Crippen molar-refractivity contribution in [2.45, 2.75) is 6.92 Å². The van der Waals surface area contributed by atoms with Crippen molar-refractivity contribution in [3.63, 3.8) is 0 Å². The Hall–Kier alpha value is -2.08. The lowest BCUT2D eigenvalue weighted by atomic mass is 10.2. The molecule has 6 nitrogen and oxygen atoms in total. The van der Waals surface area contributed by atoms with Gasteiger partial charge in [-0.1, -0.05) is 6.92 Å². The van der Waals surface area contributed by atoms with Crippen LogP contribution in [0, 0.1) is 0 Å². The summed E-state index contributed by atoms with van der Waals surface area (Å²) in [6.45, 7) is 4.15. The number of carbonyl (C=O) groups excluding carboxylic acids is 1. The van der Waals surface area contributed by atoms with Crippen LogP contribution >= 0.6 is 0 Å². The van der Waals surface area contributed by atoms with Gasteiger partial charge in [-0.3, -0.25) is 9.69 Å². The molecule has 0 saturated carbocycles. The van der Waals surface area contributed by atoms with Crippen molar-refractivity contribution in [2.75, 3.05) is 33.3 Å². The van der Waals surface area contributed by atoms with E-state index >= 15 is 0 Å². The van der Waals surface area contributed by atoms with Crippen molar-refractivity contribution in [1.29, 1.82) is 0 Å². The van der Waals surface area contributed by atoms with Crippen LogP contribution in [0.5, 0.6) is 5.75 Å². The molecule has 0 spiro atoms. The molecule has 1 amide bonds. The molecule has 0 bridgehead atoms. The Morgan fingerprint density at radius 1 is 1.30 bits per heavy atom. The highest BCUT2D eigenvalue weighted by molar-refractivity contribution is 5.87. The fourth-order valence-corrected chi connectivity index (χ4v) is 1.62. The maximum Gasteiger partial charge on any atom is 0.335 e. The van der Waals surface area contributed by atoms with Crippen LogP contribution in [-0.2, 0) is 4.79 Å². The largest absolute Gasteiger partial charge is 0.492 e. The van der Waals surface area contributed by atoms with Crippen LogP contribution in [0.1, 0.15) is 17.3 Å². The summed E-state index contributed by atoms with van der Waals surface area (Å²) in [4.78, 5) is 23.9. The molecule has 0 heterocycles. The number of hydrogen-bond donors (Lipinski definition) is 2. The number of aromatic carboxylic acids is 1. The number of carbonyl (C=O) groups is 2. The predicted molar refractivity (Wildman–Crippen MR) is 75.1 cm³/mol. The van der Waals surface area contributed by atoms with Gasteiger partial charge in [0.15, 0.2) is 0 Å². The summed E-state index contributed by atoms with van der Waals surface area (Å²) < 4.78 is 5.52. The number of nitrogens with zero attached hydrogens (tertiary/aromatic N) is 1. The first-order chi connectivity index (χ1) is 9.56. The Kier molecular flexibility index (Phi) is 6.52. The zero-order chi connectivity index (χ0) is 15.0. The van der Waals surface area contributed by atoms with Gasteiger partial charge in [0.05, 0.1) is 12.1 Å². The van der Waals surface area contributed by atoms with Gasteiger partial charge in [0.2, 0.25) is 5.91 Å². The topological polar surface area (TPSA) is 78.9 Å². The summed E-state index contributed by atoms with van der Waals surface area (Å²) in [6.07, 6.45) is 0. The van der Waals surface area contributed by atoms with Crippen LogP contribution in [0.15, 0.2) is 24.3 Å². The number of hydrogen-bond acceptors (Lipinski definition) is 4. The summed E-state index contributed by atoms with van der Waals surface area (Å²) in [5.74, 6) is -0.372. The number of nitrogens with one attached hydrogen (secondary N) is 1. The molecular weight excluding hydrogens is 260 g/mol. The van der Waals surface area contributed by atoms with Crippen LogP contribution in [0.3, 0.4) is 0 Å². The van der Waals surface area contributed by atoms with E-state index < -0.39 is 5.97 Å². The Morgan fingerprint density at radius 2 is 1.95 bits per heavy atom. The van der Waals surface area contributed by atoms with Gasteiger partial charge in [0.1, 0.15) is 12.4 Å². The molecule has 1 aromatic rings. The first-order valence-corrected chi connectivity index (χ1v) is 6.46. The third-order valence-corrected chi connectivity index (χ3v) is 2.87. The molecule has 0 unspecified atom stereocenters. The van der Waals surface area contributed by atoms with E-state index in [1.54, 1.807) is 19.2 Å². The molecule has 0 aromatic heterocycles. The molecule has 0 aliphatic carbocycles. The van der Waals surface area contributed by atoms with Crippen LogP contribution in [0.2, 0.25) is 0 Å². The fraction of sp³-hybridized carbons (Fsp3) is 0.429. The highest BCUT2D eigenvalue weighted by atomic mass is 16.5. The van der Waals surface area contributed by atoms with Gasteiger partial charge in [-0.05, 0) is 30.8 Å². The van der Waals surface area contributed by atoms with Crippen LogP contribution in [0.4, 0.5) is 0 Å². The summed E-state index contributed by atoms with van der Waals surface area (Å²) in [5, 5.41) is 11.4. The zero-order valence-corrected chi connectivity index (χ0v) is 11.8. The summed E-state index contributed by atoms with van der Waals surface area (Å²) in [7, 11) is 1.61. The number of carboxylic acid groups (broad SMARTS) is 1. The van der Waals surface area contributed by atoms with Gasteiger partial charge >= 0.3 is 5.97 Å². The first-order valence-electron chi connectivity index (χ1n) is 6.46. The summed E-state index contributed by atoms with van der Waals surface area (Å²) >= 11 is 0. The first kappa shape index (κ1) is 16.0. The predicted octanol–water partition coefficient (Wildman–Crippen LogP) is 0.831. The Bertz CT molecular complexity index is 445. The van der Waals surface area contributed by atoms with Gasteiger partial charge in [0.25, 0.3) is 0 Å². The number of benzene rings is 1.